The van der Waals surface area contributed by atoms with E-state index in [-0.39, 0.29) is 41.0 Å². The van der Waals surface area contributed by atoms with Gasteiger partial charge in [-0.1, -0.05) is 35.3 Å². The molecule has 0 aliphatic carbocycles. The average Bonchev–Trinajstić information content (AvgIpc) is 2.82. The van der Waals surface area contributed by atoms with Crippen LogP contribution < -0.4 is 19.7 Å². The van der Waals surface area contributed by atoms with Gasteiger partial charge in [0, 0.05) is 6.20 Å². The van der Waals surface area contributed by atoms with Gasteiger partial charge in [0.2, 0.25) is 0 Å². The molecule has 1 aromatic heterocycles. The third-order valence-corrected chi connectivity index (χ3v) is 5.58. The van der Waals surface area contributed by atoms with E-state index in [4.69, 9.17) is 32.7 Å². The third kappa shape index (κ3) is 5.55. The molecule has 7 nitrogen and oxygen atoms in total. The zero-order valence-electron chi connectivity index (χ0n) is 17.9. The molecule has 1 amide bonds. The number of anilines is 3. The molecule has 0 bridgehead atoms. The molecular formula is C23H18Cl2F3N3O4. The molecule has 0 atom stereocenters. The van der Waals surface area contributed by atoms with Crippen LogP contribution in [0.3, 0.4) is 0 Å². The number of rotatable bonds is 6. The van der Waals surface area contributed by atoms with Crippen molar-refractivity contribution in [2.24, 2.45) is 0 Å². The largest absolute Gasteiger partial charge is 0.489 e. The highest BCUT2D eigenvalue weighted by Gasteiger charge is 2.30. The number of halogens is 5. The van der Waals surface area contributed by atoms with E-state index >= 15 is 0 Å². The summed E-state index contributed by atoms with van der Waals surface area (Å²) in [5, 5.41) is 12.1. The normalized spacial score (nSPS) is 13.1. The molecule has 0 spiro atoms. The number of alkyl halides is 3. The first-order chi connectivity index (χ1) is 16.7. The van der Waals surface area contributed by atoms with Crippen LogP contribution in [0, 0.1) is 0 Å². The van der Waals surface area contributed by atoms with Crippen molar-refractivity contribution in [3.05, 3.63) is 69.8 Å². The summed E-state index contributed by atoms with van der Waals surface area (Å²) in [5.41, 5.74) is 1.18. The van der Waals surface area contributed by atoms with Crippen LogP contribution in [-0.2, 0) is 6.61 Å². The van der Waals surface area contributed by atoms with Gasteiger partial charge in [0.25, 0.3) is 5.91 Å². The first-order valence-corrected chi connectivity index (χ1v) is 11.0. The first-order valence-electron chi connectivity index (χ1n) is 10.3. The molecule has 2 aromatic carbocycles. The summed E-state index contributed by atoms with van der Waals surface area (Å²) in [7, 11) is 0. The van der Waals surface area contributed by atoms with Gasteiger partial charge in [-0.3, -0.25) is 4.79 Å². The zero-order valence-corrected chi connectivity index (χ0v) is 19.4. The summed E-state index contributed by atoms with van der Waals surface area (Å²) >= 11 is 12.4. The predicted octanol–water partition coefficient (Wildman–Crippen LogP) is 5.60. The fraction of sp³-hybridized carbons (Fsp3) is 0.217. The summed E-state index contributed by atoms with van der Waals surface area (Å²) in [4.78, 5) is 19.2. The molecule has 4 rings (SSSR count). The van der Waals surface area contributed by atoms with Crippen molar-refractivity contribution in [1.82, 2.24) is 4.98 Å². The lowest BCUT2D eigenvalue weighted by atomic mass is 10.1. The summed E-state index contributed by atoms with van der Waals surface area (Å²) in [6, 6.07) is 10.7. The number of aliphatic hydroxyl groups is 1. The number of aliphatic hydroxyl groups excluding tert-OH is 1. The van der Waals surface area contributed by atoms with E-state index < -0.39 is 18.7 Å². The number of nitrogens with zero attached hydrogens (tertiary/aromatic N) is 2. The summed E-state index contributed by atoms with van der Waals surface area (Å²) in [6.07, 6.45) is -3.09. The predicted molar refractivity (Wildman–Crippen MR) is 125 cm³/mol. The van der Waals surface area contributed by atoms with Crippen molar-refractivity contribution in [2.45, 2.75) is 12.8 Å². The molecule has 1 aliphatic rings. The van der Waals surface area contributed by atoms with Crippen LogP contribution in [0.5, 0.6) is 11.5 Å². The number of nitrogens with one attached hydrogen (secondary N) is 1. The van der Waals surface area contributed by atoms with Crippen molar-refractivity contribution in [3.63, 3.8) is 0 Å². The van der Waals surface area contributed by atoms with E-state index in [0.717, 1.165) is 0 Å². The van der Waals surface area contributed by atoms with Gasteiger partial charge in [-0.2, -0.15) is 13.2 Å². The SMILES string of the molecule is O=C(Nc1cccc(Cl)c1OCC(F)(F)F)c1cccc2c1OCCN2c1ncc(CO)cc1Cl. The highest BCUT2D eigenvalue weighted by atomic mass is 35.5. The maximum atomic E-state index is 13.1. The molecule has 0 fully saturated rings. The number of hydrogen-bond donors (Lipinski definition) is 2. The number of hydrogen-bond acceptors (Lipinski definition) is 6. The number of para-hydroxylation sites is 2. The van der Waals surface area contributed by atoms with E-state index in [2.05, 4.69) is 10.3 Å². The Labute approximate surface area is 208 Å². The summed E-state index contributed by atoms with van der Waals surface area (Å²) < 4.78 is 48.6. The third-order valence-electron chi connectivity index (χ3n) is 5.00. The van der Waals surface area contributed by atoms with Gasteiger partial charge in [-0.05, 0) is 35.9 Å². The zero-order chi connectivity index (χ0) is 25.2. The standard InChI is InChI=1S/C23H18Cl2F3N3O4/c24-15-4-2-5-17(20(15)35-12-23(26,27)28)30-22(33)14-3-1-6-18-19(14)34-8-7-31(18)21-16(25)9-13(11-32)10-29-21/h1-6,9-10,32H,7-8,11-12H2,(H,30,33). The van der Waals surface area contributed by atoms with E-state index in [1.165, 1.54) is 30.5 Å². The minimum absolute atomic E-state index is 0.0266. The van der Waals surface area contributed by atoms with Crippen molar-refractivity contribution < 1.29 is 32.5 Å². The summed E-state index contributed by atoms with van der Waals surface area (Å²) in [6.45, 7) is -1.17. The maximum Gasteiger partial charge on any atom is 0.422 e. The Morgan fingerprint density at radius 2 is 1.97 bits per heavy atom. The molecule has 3 aromatic rings. The Hall–Kier alpha value is -3.21. The number of carbonyl (C=O) groups excluding carboxylic acids is 1. The number of fused-ring (bicyclic) bond motifs is 1. The molecule has 0 radical (unpaired) electrons. The van der Waals surface area contributed by atoms with E-state index in [0.29, 0.717) is 28.6 Å². The maximum absolute atomic E-state index is 13.1. The van der Waals surface area contributed by atoms with Crippen LogP contribution in [0.15, 0.2) is 48.7 Å². The quantitative estimate of drug-likeness (QED) is 0.433. The van der Waals surface area contributed by atoms with E-state index in [1.807, 2.05) is 0 Å². The number of ether oxygens (including phenoxy) is 2. The van der Waals surface area contributed by atoms with Crippen LogP contribution in [-0.4, -0.2) is 41.9 Å². The number of aromatic nitrogens is 1. The van der Waals surface area contributed by atoms with Crippen LogP contribution >= 0.6 is 23.2 Å². The van der Waals surface area contributed by atoms with Crippen LogP contribution in [0.2, 0.25) is 10.0 Å². The topological polar surface area (TPSA) is 83.9 Å². The molecule has 0 saturated heterocycles. The van der Waals surface area contributed by atoms with E-state index in [1.54, 1.807) is 23.1 Å². The second kappa shape index (κ2) is 10.2. The number of pyridine rings is 1. The van der Waals surface area contributed by atoms with E-state index in [9.17, 15) is 23.1 Å². The fourth-order valence-corrected chi connectivity index (χ4v) is 4.02. The van der Waals surface area contributed by atoms with Gasteiger partial charge in [-0.25, -0.2) is 4.98 Å². The molecule has 35 heavy (non-hydrogen) atoms. The Morgan fingerprint density at radius 3 is 2.69 bits per heavy atom. The lowest BCUT2D eigenvalue weighted by Gasteiger charge is -2.32. The lowest BCUT2D eigenvalue weighted by molar-refractivity contribution is -0.153. The van der Waals surface area contributed by atoms with Gasteiger partial charge < -0.3 is 24.8 Å². The molecule has 0 unspecified atom stereocenters. The second-order valence-electron chi connectivity index (χ2n) is 7.44. The van der Waals surface area contributed by atoms with Crippen molar-refractivity contribution in [2.75, 3.05) is 30.0 Å². The van der Waals surface area contributed by atoms with Gasteiger partial charge in [-0.15, -0.1) is 0 Å². The minimum atomic E-state index is -4.58. The molecular weight excluding hydrogens is 510 g/mol. The Bertz CT molecular complexity index is 1260. The highest BCUT2D eigenvalue weighted by molar-refractivity contribution is 6.33. The summed E-state index contributed by atoms with van der Waals surface area (Å²) in [5.74, 6) is -0.270. The van der Waals surface area contributed by atoms with Gasteiger partial charge in [0.15, 0.2) is 23.9 Å². The minimum Gasteiger partial charge on any atom is -0.489 e. The smallest absolute Gasteiger partial charge is 0.422 e. The molecule has 2 N–H and O–H groups in total. The first kappa shape index (κ1) is 24.9. The average molecular weight is 528 g/mol. The van der Waals surface area contributed by atoms with Crippen molar-refractivity contribution >= 4 is 46.3 Å². The lowest BCUT2D eigenvalue weighted by Crippen LogP contribution is -2.31. The van der Waals surface area contributed by atoms with Crippen LogP contribution in [0.25, 0.3) is 0 Å². The Balaban J connectivity index is 1.64. The fourth-order valence-electron chi connectivity index (χ4n) is 3.50. The molecule has 12 heteroatoms. The number of carbonyl (C=O) groups is 1. The molecule has 1 aliphatic heterocycles. The van der Waals surface area contributed by atoms with Crippen LogP contribution in [0.4, 0.5) is 30.4 Å². The monoisotopic (exact) mass is 527 g/mol. The van der Waals surface area contributed by atoms with Gasteiger partial charge in [0.05, 0.1) is 40.1 Å². The Kier molecular flexibility index (Phi) is 7.25. The van der Waals surface area contributed by atoms with Crippen molar-refractivity contribution in [1.29, 1.82) is 0 Å². The molecule has 0 saturated carbocycles. The highest BCUT2D eigenvalue weighted by Crippen LogP contribution is 2.41. The van der Waals surface area contributed by atoms with Gasteiger partial charge >= 0.3 is 6.18 Å². The van der Waals surface area contributed by atoms with Gasteiger partial charge in [0.1, 0.15) is 6.61 Å². The Morgan fingerprint density at radius 1 is 1.20 bits per heavy atom. The molecule has 2 heterocycles. The van der Waals surface area contributed by atoms with Crippen LogP contribution in [0.1, 0.15) is 15.9 Å². The van der Waals surface area contributed by atoms with Crippen molar-refractivity contribution in [3.8, 4) is 11.5 Å². The number of amides is 1. The second-order valence-corrected chi connectivity index (χ2v) is 8.25. The number of benzene rings is 2. The molecule has 184 valence electrons.